The molecule has 2 atom stereocenters. The van der Waals surface area contributed by atoms with Gasteiger partial charge in [0.05, 0.1) is 12.7 Å². The highest BCUT2D eigenvalue weighted by molar-refractivity contribution is 5.75. The van der Waals surface area contributed by atoms with Gasteiger partial charge in [0.2, 0.25) is 0 Å². The second kappa shape index (κ2) is 5.99. The summed E-state index contributed by atoms with van der Waals surface area (Å²) < 4.78 is 10.9. The lowest BCUT2D eigenvalue weighted by molar-refractivity contribution is -0.150. The van der Waals surface area contributed by atoms with Crippen molar-refractivity contribution in [1.82, 2.24) is 4.90 Å². The Kier molecular flexibility index (Phi) is 4.59. The summed E-state index contributed by atoms with van der Waals surface area (Å²) in [6, 6.07) is 0. The maximum absolute atomic E-state index is 11.5. The van der Waals surface area contributed by atoms with Gasteiger partial charge in [-0.05, 0) is 32.7 Å². The Labute approximate surface area is 108 Å². The lowest BCUT2D eigenvalue weighted by atomic mass is 9.86. The largest absolute Gasteiger partial charge is 0.481 e. The van der Waals surface area contributed by atoms with Gasteiger partial charge in [0.1, 0.15) is 5.41 Å². The van der Waals surface area contributed by atoms with Crippen LogP contribution < -0.4 is 0 Å². The quantitative estimate of drug-likeness (QED) is 0.795. The first-order chi connectivity index (χ1) is 8.66. The third kappa shape index (κ3) is 3.02. The van der Waals surface area contributed by atoms with Crippen LogP contribution in [-0.2, 0) is 14.3 Å². The molecule has 2 aliphatic heterocycles. The highest BCUT2D eigenvalue weighted by atomic mass is 16.5. The summed E-state index contributed by atoms with van der Waals surface area (Å²) in [7, 11) is 0. The van der Waals surface area contributed by atoms with E-state index in [4.69, 9.17) is 9.47 Å². The molecule has 5 nitrogen and oxygen atoms in total. The average Bonchev–Trinajstić information content (AvgIpc) is 2.80. The van der Waals surface area contributed by atoms with Crippen molar-refractivity contribution >= 4 is 5.97 Å². The van der Waals surface area contributed by atoms with E-state index in [1.54, 1.807) is 0 Å². The SMILES string of the molecule is CCOC1CCCN(CC2(C(=O)O)CCOC2)C1. The lowest BCUT2D eigenvalue weighted by Gasteiger charge is -2.36. The minimum absolute atomic E-state index is 0.261. The van der Waals surface area contributed by atoms with Crippen molar-refractivity contribution < 1.29 is 19.4 Å². The van der Waals surface area contributed by atoms with Crippen LogP contribution in [-0.4, -0.2) is 61.5 Å². The van der Waals surface area contributed by atoms with E-state index in [0.29, 0.717) is 26.2 Å². The fourth-order valence-corrected chi connectivity index (χ4v) is 2.92. The molecule has 0 radical (unpaired) electrons. The first-order valence-electron chi connectivity index (χ1n) is 6.81. The van der Waals surface area contributed by atoms with Gasteiger partial charge in [-0.2, -0.15) is 0 Å². The topological polar surface area (TPSA) is 59.0 Å². The standard InChI is InChI=1S/C13H23NO4/c1-2-18-11-4-3-6-14(8-11)9-13(12(15)16)5-7-17-10-13/h11H,2-10H2,1H3,(H,15,16). The Morgan fingerprint density at radius 1 is 1.61 bits per heavy atom. The second-order valence-corrected chi connectivity index (χ2v) is 5.34. The van der Waals surface area contributed by atoms with Crippen molar-refractivity contribution in [2.24, 2.45) is 5.41 Å². The number of piperidine rings is 1. The van der Waals surface area contributed by atoms with Crippen LogP contribution in [0.2, 0.25) is 0 Å². The number of aliphatic carboxylic acids is 1. The molecule has 0 aliphatic carbocycles. The third-order valence-corrected chi connectivity index (χ3v) is 3.95. The molecule has 2 unspecified atom stereocenters. The molecule has 2 fully saturated rings. The Balaban J connectivity index is 1.93. The molecule has 0 bridgehead atoms. The van der Waals surface area contributed by atoms with Crippen LogP contribution in [0.5, 0.6) is 0 Å². The molecule has 2 aliphatic rings. The predicted octanol–water partition coefficient (Wildman–Crippen LogP) is 0.979. The molecule has 0 amide bonds. The summed E-state index contributed by atoms with van der Waals surface area (Å²) in [5, 5.41) is 9.43. The second-order valence-electron chi connectivity index (χ2n) is 5.34. The van der Waals surface area contributed by atoms with Gasteiger partial charge in [-0.15, -0.1) is 0 Å². The van der Waals surface area contributed by atoms with Crippen LogP contribution in [0, 0.1) is 5.41 Å². The molecule has 0 spiro atoms. The molecule has 1 N–H and O–H groups in total. The van der Waals surface area contributed by atoms with E-state index >= 15 is 0 Å². The van der Waals surface area contributed by atoms with Crippen LogP contribution in [0.15, 0.2) is 0 Å². The van der Waals surface area contributed by atoms with Crippen molar-refractivity contribution in [3.8, 4) is 0 Å². The number of rotatable bonds is 5. The number of ether oxygens (including phenoxy) is 2. The van der Waals surface area contributed by atoms with Gasteiger partial charge in [0.25, 0.3) is 0 Å². The zero-order valence-corrected chi connectivity index (χ0v) is 11.1. The molecule has 0 aromatic rings. The Morgan fingerprint density at radius 2 is 2.44 bits per heavy atom. The van der Waals surface area contributed by atoms with Crippen molar-refractivity contribution in [1.29, 1.82) is 0 Å². The summed E-state index contributed by atoms with van der Waals surface area (Å²) in [6.45, 7) is 6.05. The van der Waals surface area contributed by atoms with Gasteiger partial charge < -0.3 is 14.6 Å². The van der Waals surface area contributed by atoms with E-state index < -0.39 is 11.4 Å². The molecule has 2 rings (SSSR count). The number of carbonyl (C=O) groups is 1. The van der Waals surface area contributed by atoms with Gasteiger partial charge in [0.15, 0.2) is 0 Å². The van der Waals surface area contributed by atoms with Crippen LogP contribution in [0.25, 0.3) is 0 Å². The summed E-state index contributed by atoms with van der Waals surface area (Å²) in [4.78, 5) is 13.7. The van der Waals surface area contributed by atoms with E-state index in [1.165, 1.54) is 0 Å². The molecule has 0 saturated carbocycles. The average molecular weight is 257 g/mol. The van der Waals surface area contributed by atoms with Crippen molar-refractivity contribution in [3.63, 3.8) is 0 Å². The summed E-state index contributed by atoms with van der Waals surface area (Å²) >= 11 is 0. The Hall–Kier alpha value is -0.650. The van der Waals surface area contributed by atoms with Gasteiger partial charge in [0, 0.05) is 26.3 Å². The van der Waals surface area contributed by atoms with Crippen molar-refractivity contribution in [2.45, 2.75) is 32.3 Å². The molecular weight excluding hydrogens is 234 g/mol. The van der Waals surface area contributed by atoms with E-state index in [0.717, 1.165) is 32.5 Å². The predicted molar refractivity (Wildman–Crippen MR) is 66.6 cm³/mol. The summed E-state index contributed by atoms with van der Waals surface area (Å²) in [5.41, 5.74) is -0.700. The summed E-state index contributed by atoms with van der Waals surface area (Å²) in [6.07, 6.45) is 3.05. The van der Waals surface area contributed by atoms with Crippen LogP contribution in [0.3, 0.4) is 0 Å². The number of hydrogen-bond donors (Lipinski definition) is 1. The molecule has 18 heavy (non-hydrogen) atoms. The van der Waals surface area contributed by atoms with Gasteiger partial charge in [-0.25, -0.2) is 0 Å². The van der Waals surface area contributed by atoms with E-state index in [1.807, 2.05) is 6.92 Å². The Bertz CT molecular complexity index is 287. The van der Waals surface area contributed by atoms with Crippen LogP contribution in [0.4, 0.5) is 0 Å². The molecular formula is C13H23NO4. The highest BCUT2D eigenvalue weighted by Crippen LogP contribution is 2.31. The number of nitrogens with zero attached hydrogens (tertiary/aromatic N) is 1. The van der Waals surface area contributed by atoms with Gasteiger partial charge >= 0.3 is 5.97 Å². The smallest absolute Gasteiger partial charge is 0.313 e. The Morgan fingerprint density at radius 3 is 3.06 bits per heavy atom. The molecule has 2 saturated heterocycles. The fraction of sp³-hybridized carbons (Fsp3) is 0.923. The minimum Gasteiger partial charge on any atom is -0.481 e. The van der Waals surface area contributed by atoms with Crippen LogP contribution >= 0.6 is 0 Å². The van der Waals surface area contributed by atoms with Crippen molar-refractivity contribution in [3.05, 3.63) is 0 Å². The minimum atomic E-state index is -0.724. The van der Waals surface area contributed by atoms with E-state index in [9.17, 15) is 9.90 Å². The molecule has 2 heterocycles. The number of hydrogen-bond acceptors (Lipinski definition) is 4. The van der Waals surface area contributed by atoms with Crippen LogP contribution in [0.1, 0.15) is 26.2 Å². The first-order valence-corrected chi connectivity index (χ1v) is 6.81. The molecule has 5 heteroatoms. The monoisotopic (exact) mass is 257 g/mol. The third-order valence-electron chi connectivity index (χ3n) is 3.95. The summed E-state index contributed by atoms with van der Waals surface area (Å²) in [5.74, 6) is -0.724. The molecule has 0 aromatic heterocycles. The normalized spacial score (nSPS) is 33.7. The van der Waals surface area contributed by atoms with Crippen molar-refractivity contribution in [2.75, 3.05) is 39.5 Å². The molecule has 104 valence electrons. The first kappa shape index (κ1) is 13.8. The van der Waals surface area contributed by atoms with Gasteiger partial charge in [-0.3, -0.25) is 9.69 Å². The number of carboxylic acid groups (broad SMARTS) is 1. The maximum atomic E-state index is 11.5. The highest BCUT2D eigenvalue weighted by Gasteiger charge is 2.44. The van der Waals surface area contributed by atoms with E-state index in [2.05, 4.69) is 4.90 Å². The zero-order chi connectivity index (χ0) is 13.0. The number of likely N-dealkylation sites (tertiary alicyclic amines) is 1. The number of carboxylic acids is 1. The fourth-order valence-electron chi connectivity index (χ4n) is 2.92. The molecule has 0 aromatic carbocycles. The zero-order valence-electron chi connectivity index (χ0n) is 11.1. The van der Waals surface area contributed by atoms with E-state index in [-0.39, 0.29) is 6.10 Å². The lowest BCUT2D eigenvalue weighted by Crippen LogP contribution is -2.48. The maximum Gasteiger partial charge on any atom is 0.313 e. The van der Waals surface area contributed by atoms with Gasteiger partial charge in [-0.1, -0.05) is 0 Å².